The number of rotatable bonds is 5. The van der Waals surface area contributed by atoms with E-state index in [1.165, 1.54) is 26.0 Å². The zero-order chi connectivity index (χ0) is 15.9. The van der Waals surface area contributed by atoms with Gasteiger partial charge in [-0.15, -0.1) is 0 Å². The first-order chi connectivity index (χ1) is 10.6. The molecule has 2 N–H and O–H groups in total. The summed E-state index contributed by atoms with van der Waals surface area (Å²) in [5.41, 5.74) is 0.307. The number of carbonyl (C=O) groups excluding carboxylic acids is 2. The Labute approximate surface area is 129 Å². The average Bonchev–Trinajstić information content (AvgIpc) is 3.08. The molecule has 1 heterocycles. The number of hydrogen-bond donors (Lipinski definition) is 2. The van der Waals surface area contributed by atoms with E-state index in [4.69, 9.17) is 5.26 Å². The minimum absolute atomic E-state index is 0.307. The van der Waals surface area contributed by atoms with Gasteiger partial charge in [-0.25, -0.2) is 4.98 Å². The highest BCUT2D eigenvalue weighted by Crippen LogP contribution is 2.27. The van der Waals surface area contributed by atoms with E-state index in [1.807, 2.05) is 0 Å². The second-order valence-electron chi connectivity index (χ2n) is 5.73. The highest BCUT2D eigenvalue weighted by molar-refractivity contribution is 5.96. The van der Waals surface area contributed by atoms with Gasteiger partial charge in [0.25, 0.3) is 11.8 Å². The molecule has 2 amide bonds. The van der Waals surface area contributed by atoms with Crippen molar-refractivity contribution in [3.63, 3.8) is 0 Å². The molecule has 0 unspecified atom stereocenters. The summed E-state index contributed by atoms with van der Waals surface area (Å²) < 4.78 is 0. The van der Waals surface area contributed by atoms with Crippen LogP contribution >= 0.6 is 0 Å². The van der Waals surface area contributed by atoms with E-state index < -0.39 is 6.04 Å². The van der Waals surface area contributed by atoms with Gasteiger partial charge in [-0.2, -0.15) is 5.26 Å². The summed E-state index contributed by atoms with van der Waals surface area (Å²) in [5.74, 6) is -0.337. The lowest BCUT2D eigenvalue weighted by Crippen LogP contribution is -2.47. The van der Waals surface area contributed by atoms with E-state index in [0.29, 0.717) is 18.0 Å². The monoisotopic (exact) mass is 303 g/mol. The van der Waals surface area contributed by atoms with Crippen molar-refractivity contribution in [2.24, 2.45) is 5.92 Å². The number of nitrogens with zero attached hydrogens (tertiary/aromatic N) is 3. The molecule has 0 spiro atoms. The molecule has 0 radical (unpaired) electrons. The van der Waals surface area contributed by atoms with Gasteiger partial charge in [0.2, 0.25) is 0 Å². The lowest BCUT2D eigenvalue weighted by Gasteiger charge is -2.27. The zero-order valence-corrected chi connectivity index (χ0v) is 12.7. The molecule has 1 aromatic rings. The molecule has 1 fully saturated rings. The zero-order valence-electron chi connectivity index (χ0n) is 12.7. The third-order valence-electron chi connectivity index (χ3n) is 4.12. The summed E-state index contributed by atoms with van der Waals surface area (Å²) in [4.78, 5) is 31.9. The van der Waals surface area contributed by atoms with Crippen LogP contribution in [-0.4, -0.2) is 39.8 Å². The van der Waals surface area contributed by atoms with Crippen molar-refractivity contribution in [1.82, 2.24) is 20.2 Å². The Morgan fingerprint density at radius 3 is 2.82 bits per heavy atom. The maximum absolute atomic E-state index is 12.3. The van der Waals surface area contributed by atoms with Crippen LogP contribution in [0.3, 0.4) is 0 Å². The lowest BCUT2D eigenvalue weighted by atomic mass is 9.84. The van der Waals surface area contributed by atoms with E-state index in [-0.39, 0.29) is 11.8 Å². The molecule has 1 aromatic heterocycles. The number of imidazole rings is 1. The Bertz CT molecular complexity index is 543. The molecule has 0 aromatic carbocycles. The summed E-state index contributed by atoms with van der Waals surface area (Å²) in [7, 11) is 1.42. The smallest absolute Gasteiger partial charge is 0.269 e. The minimum Gasteiger partial charge on any atom is -0.341 e. The first-order valence-electron chi connectivity index (χ1n) is 7.58. The summed E-state index contributed by atoms with van der Waals surface area (Å²) in [6.45, 7) is 0. The van der Waals surface area contributed by atoms with E-state index in [2.05, 4.69) is 15.3 Å². The van der Waals surface area contributed by atoms with Crippen LogP contribution in [0, 0.1) is 17.4 Å². The first-order valence-corrected chi connectivity index (χ1v) is 7.58. The van der Waals surface area contributed by atoms with Crippen molar-refractivity contribution in [3.05, 3.63) is 18.2 Å². The van der Waals surface area contributed by atoms with Gasteiger partial charge in [-0.1, -0.05) is 32.1 Å². The Hall–Kier alpha value is -2.36. The molecular formula is C15H21N5O2. The second kappa shape index (κ2) is 7.59. The number of nitrogens with one attached hydrogen (secondary N) is 2. The van der Waals surface area contributed by atoms with Crippen LogP contribution in [-0.2, 0) is 4.79 Å². The number of H-pyrrole nitrogens is 1. The Balaban J connectivity index is 2.05. The Morgan fingerprint density at radius 1 is 1.50 bits per heavy atom. The number of hydrogen-bond acceptors (Lipinski definition) is 4. The highest BCUT2D eigenvalue weighted by Gasteiger charge is 2.28. The van der Waals surface area contributed by atoms with Crippen molar-refractivity contribution in [2.45, 2.75) is 44.6 Å². The molecule has 2 rings (SSSR count). The molecule has 22 heavy (non-hydrogen) atoms. The minimum atomic E-state index is -0.677. The quantitative estimate of drug-likeness (QED) is 0.634. The van der Waals surface area contributed by atoms with Gasteiger partial charge in [-0.05, 0) is 12.3 Å². The number of amides is 2. The SMILES string of the molecule is CN(C#N)C(=O)[C@H](CC1CCCCC1)NC(=O)c1cnc[nH]1. The predicted molar refractivity (Wildman–Crippen MR) is 79.4 cm³/mol. The van der Waals surface area contributed by atoms with Crippen molar-refractivity contribution in [2.75, 3.05) is 7.05 Å². The van der Waals surface area contributed by atoms with Crippen molar-refractivity contribution in [3.8, 4) is 6.19 Å². The fraction of sp³-hybridized carbons (Fsp3) is 0.600. The van der Waals surface area contributed by atoms with Crippen molar-refractivity contribution >= 4 is 11.8 Å². The van der Waals surface area contributed by atoms with Crippen LogP contribution in [0.25, 0.3) is 0 Å². The molecule has 1 aliphatic rings. The van der Waals surface area contributed by atoms with Crippen LogP contribution < -0.4 is 5.32 Å². The molecule has 1 atom stereocenters. The van der Waals surface area contributed by atoms with E-state index in [0.717, 1.165) is 30.6 Å². The Morgan fingerprint density at radius 2 is 2.23 bits per heavy atom. The fourth-order valence-electron chi connectivity index (χ4n) is 2.88. The fourth-order valence-corrected chi connectivity index (χ4v) is 2.88. The Kier molecular flexibility index (Phi) is 5.53. The predicted octanol–water partition coefficient (Wildman–Crippen LogP) is 1.42. The van der Waals surface area contributed by atoms with Crippen molar-refractivity contribution < 1.29 is 9.59 Å². The molecule has 118 valence electrons. The van der Waals surface area contributed by atoms with Gasteiger partial charge < -0.3 is 10.3 Å². The van der Waals surface area contributed by atoms with Gasteiger partial charge in [0.05, 0.1) is 12.5 Å². The third-order valence-corrected chi connectivity index (χ3v) is 4.12. The van der Waals surface area contributed by atoms with E-state index in [1.54, 1.807) is 6.19 Å². The van der Waals surface area contributed by atoms with Crippen molar-refractivity contribution in [1.29, 1.82) is 5.26 Å². The van der Waals surface area contributed by atoms with Crippen LogP contribution in [0.5, 0.6) is 0 Å². The summed E-state index contributed by atoms with van der Waals surface area (Å²) in [6, 6.07) is -0.677. The number of nitriles is 1. The van der Waals surface area contributed by atoms with Crippen LogP contribution in [0.1, 0.15) is 49.0 Å². The highest BCUT2D eigenvalue weighted by atomic mass is 16.2. The summed E-state index contributed by atoms with van der Waals surface area (Å²) in [6.07, 6.45) is 10.9. The maximum Gasteiger partial charge on any atom is 0.269 e. The average molecular weight is 303 g/mol. The molecule has 7 nitrogen and oxygen atoms in total. The lowest BCUT2D eigenvalue weighted by molar-refractivity contribution is -0.129. The molecule has 0 saturated heterocycles. The molecule has 0 aliphatic heterocycles. The normalized spacial score (nSPS) is 16.5. The number of aromatic amines is 1. The standard InChI is InChI=1S/C15H21N5O2/c1-20(9-16)15(22)12(7-11-5-3-2-4-6-11)19-14(21)13-8-17-10-18-13/h8,10-12H,2-7H2,1H3,(H,17,18)(H,19,21)/t12-/m0/s1. The van der Waals surface area contributed by atoms with Crippen LogP contribution in [0.15, 0.2) is 12.5 Å². The molecule has 1 saturated carbocycles. The van der Waals surface area contributed by atoms with E-state index in [9.17, 15) is 9.59 Å². The first kappa shape index (κ1) is 16.0. The molecule has 7 heteroatoms. The largest absolute Gasteiger partial charge is 0.341 e. The van der Waals surface area contributed by atoms with E-state index >= 15 is 0 Å². The van der Waals surface area contributed by atoms with Crippen LogP contribution in [0.2, 0.25) is 0 Å². The van der Waals surface area contributed by atoms with Gasteiger partial charge in [0.1, 0.15) is 11.7 Å². The van der Waals surface area contributed by atoms with Gasteiger partial charge in [0.15, 0.2) is 6.19 Å². The number of carbonyl (C=O) groups is 2. The molecule has 1 aliphatic carbocycles. The second-order valence-corrected chi connectivity index (χ2v) is 5.73. The van der Waals surface area contributed by atoms with Gasteiger partial charge in [0, 0.05) is 7.05 Å². The number of aromatic nitrogens is 2. The third kappa shape index (κ3) is 4.07. The number of likely N-dealkylation sites (N-methyl/N-ethyl adjacent to an activating group) is 1. The van der Waals surface area contributed by atoms with Crippen LogP contribution in [0.4, 0.5) is 0 Å². The summed E-state index contributed by atoms with van der Waals surface area (Å²) >= 11 is 0. The molecular weight excluding hydrogens is 282 g/mol. The van der Waals surface area contributed by atoms with Gasteiger partial charge >= 0.3 is 0 Å². The topological polar surface area (TPSA) is 102 Å². The summed E-state index contributed by atoms with van der Waals surface area (Å²) in [5, 5.41) is 11.6. The maximum atomic E-state index is 12.3. The van der Waals surface area contributed by atoms with Gasteiger partial charge in [-0.3, -0.25) is 14.5 Å². The molecule has 0 bridgehead atoms.